The van der Waals surface area contributed by atoms with Crippen LogP contribution in [0, 0.1) is 12.3 Å². The summed E-state index contributed by atoms with van der Waals surface area (Å²) in [6.07, 6.45) is 2.60. The molecule has 138 valence electrons. The number of ketones is 1. The van der Waals surface area contributed by atoms with Gasteiger partial charge in [-0.25, -0.2) is 0 Å². The minimum absolute atomic E-state index is 0.0248. The number of benzene rings is 1. The van der Waals surface area contributed by atoms with Gasteiger partial charge in [0, 0.05) is 35.2 Å². The van der Waals surface area contributed by atoms with E-state index in [-0.39, 0.29) is 17.7 Å². The normalized spacial score (nSPS) is 15.4. The zero-order chi connectivity index (χ0) is 19.1. The second-order valence-corrected chi connectivity index (χ2v) is 7.86. The van der Waals surface area contributed by atoms with E-state index in [9.17, 15) is 14.7 Å². The summed E-state index contributed by atoms with van der Waals surface area (Å²) in [6.45, 7) is 6.18. The number of carboxylic acids is 1. The van der Waals surface area contributed by atoms with Gasteiger partial charge in [-0.15, -0.1) is 0 Å². The molecule has 0 amide bonds. The van der Waals surface area contributed by atoms with E-state index in [1.54, 1.807) is 0 Å². The summed E-state index contributed by atoms with van der Waals surface area (Å²) in [5.41, 5.74) is 5.18. The van der Waals surface area contributed by atoms with Crippen LogP contribution in [0.5, 0.6) is 0 Å². The molecule has 0 saturated heterocycles. The van der Waals surface area contributed by atoms with Crippen LogP contribution in [-0.2, 0) is 24.2 Å². The lowest BCUT2D eigenvalue weighted by atomic mass is 9.75. The second kappa shape index (κ2) is 6.63. The molecule has 1 aliphatic rings. The largest absolute Gasteiger partial charge is 0.480 e. The van der Waals surface area contributed by atoms with Crippen molar-refractivity contribution in [3.8, 4) is 0 Å². The smallest absolute Gasteiger partial charge is 0.323 e. The van der Waals surface area contributed by atoms with Crippen molar-refractivity contribution in [1.29, 1.82) is 0 Å². The number of carbonyl (C=O) groups excluding carboxylic acids is 1. The highest BCUT2D eigenvalue weighted by atomic mass is 16.4. The molecule has 0 bridgehead atoms. The Labute approximate surface area is 154 Å². The first-order valence-corrected chi connectivity index (χ1v) is 8.98. The third kappa shape index (κ3) is 3.26. The number of nitrogens with zero attached hydrogens (tertiary/aromatic N) is 1. The summed E-state index contributed by atoms with van der Waals surface area (Å²) in [6, 6.07) is 7.41. The Morgan fingerprint density at radius 2 is 1.88 bits per heavy atom. The molecule has 0 unspecified atom stereocenters. The minimum Gasteiger partial charge on any atom is -0.480 e. The summed E-state index contributed by atoms with van der Waals surface area (Å²) in [5.74, 6) is -0.906. The van der Waals surface area contributed by atoms with Gasteiger partial charge in [-0.3, -0.25) is 9.59 Å². The van der Waals surface area contributed by atoms with Crippen molar-refractivity contribution in [2.45, 2.75) is 46.6 Å². The summed E-state index contributed by atoms with van der Waals surface area (Å²) < 4.78 is 1.82. The number of hydrogen-bond donors (Lipinski definition) is 2. The maximum absolute atomic E-state index is 13.3. The molecular formula is C21H26N2O3. The lowest BCUT2D eigenvalue weighted by molar-refractivity contribution is -0.137. The molecule has 2 aromatic rings. The van der Waals surface area contributed by atoms with Gasteiger partial charge in [-0.05, 0) is 61.4 Å². The molecule has 0 fully saturated rings. The Bertz CT molecular complexity index is 860. The van der Waals surface area contributed by atoms with Crippen LogP contribution in [0.1, 0.15) is 53.1 Å². The van der Waals surface area contributed by atoms with Gasteiger partial charge in [-0.1, -0.05) is 13.8 Å². The summed E-state index contributed by atoms with van der Waals surface area (Å²) >= 11 is 0. The van der Waals surface area contributed by atoms with Crippen molar-refractivity contribution < 1.29 is 14.7 Å². The number of carbonyl (C=O) groups is 2. The highest BCUT2D eigenvalue weighted by molar-refractivity contribution is 6.11. The molecule has 1 aromatic heterocycles. The van der Waals surface area contributed by atoms with Gasteiger partial charge < -0.3 is 15.0 Å². The molecule has 0 saturated carbocycles. The predicted octanol–water partition coefficient (Wildman–Crippen LogP) is 3.67. The third-order valence-corrected chi connectivity index (χ3v) is 5.39. The van der Waals surface area contributed by atoms with Crippen molar-refractivity contribution >= 4 is 17.4 Å². The summed E-state index contributed by atoms with van der Waals surface area (Å²) in [4.78, 5) is 24.6. The average molecular weight is 354 g/mol. The van der Waals surface area contributed by atoms with E-state index in [1.807, 2.05) is 42.8 Å². The van der Waals surface area contributed by atoms with Crippen molar-refractivity contribution in [3.05, 3.63) is 52.3 Å². The molecule has 3 rings (SSSR count). The fraction of sp³-hybridized carbons (Fsp3) is 0.429. The number of hydrogen-bond acceptors (Lipinski definition) is 3. The molecule has 1 aromatic carbocycles. The number of nitrogens with one attached hydrogen (secondary N) is 1. The van der Waals surface area contributed by atoms with Gasteiger partial charge in [0.2, 0.25) is 0 Å². The Kier molecular flexibility index (Phi) is 4.65. The van der Waals surface area contributed by atoms with Crippen LogP contribution in [0.4, 0.5) is 5.69 Å². The van der Waals surface area contributed by atoms with Crippen molar-refractivity contribution in [1.82, 2.24) is 4.57 Å². The fourth-order valence-corrected chi connectivity index (χ4v) is 3.95. The van der Waals surface area contributed by atoms with Crippen LogP contribution in [0.15, 0.2) is 24.3 Å². The van der Waals surface area contributed by atoms with Crippen LogP contribution in [0.2, 0.25) is 0 Å². The number of aliphatic carboxylic acids is 1. The first kappa shape index (κ1) is 18.2. The fourth-order valence-electron chi connectivity index (χ4n) is 3.95. The Morgan fingerprint density at radius 3 is 2.46 bits per heavy atom. The van der Waals surface area contributed by atoms with E-state index in [0.717, 1.165) is 41.9 Å². The molecule has 0 atom stereocenters. The average Bonchev–Trinajstić information content (AvgIpc) is 2.84. The Balaban J connectivity index is 2.11. The lowest BCUT2D eigenvalue weighted by Gasteiger charge is -2.30. The molecule has 0 radical (unpaired) electrons. The van der Waals surface area contributed by atoms with Crippen LogP contribution in [0.3, 0.4) is 0 Å². The predicted molar refractivity (Wildman–Crippen MR) is 102 cm³/mol. The Morgan fingerprint density at radius 1 is 1.23 bits per heavy atom. The van der Waals surface area contributed by atoms with Crippen molar-refractivity contribution in [3.63, 3.8) is 0 Å². The van der Waals surface area contributed by atoms with E-state index in [4.69, 9.17) is 0 Å². The number of anilines is 1. The number of fused-ring (bicyclic) bond motifs is 1. The van der Waals surface area contributed by atoms with Crippen LogP contribution >= 0.6 is 0 Å². The zero-order valence-electron chi connectivity index (χ0n) is 15.8. The topological polar surface area (TPSA) is 71.3 Å². The molecule has 1 heterocycles. The summed E-state index contributed by atoms with van der Waals surface area (Å²) in [5, 5.41) is 12.4. The molecule has 1 aliphatic carbocycles. The quantitative estimate of drug-likeness (QED) is 0.804. The van der Waals surface area contributed by atoms with E-state index in [0.29, 0.717) is 11.1 Å². The third-order valence-electron chi connectivity index (χ3n) is 5.39. The van der Waals surface area contributed by atoms with Crippen molar-refractivity contribution in [2.24, 2.45) is 5.41 Å². The second-order valence-electron chi connectivity index (χ2n) is 7.86. The lowest BCUT2D eigenvalue weighted by Crippen LogP contribution is -2.24. The SMILES string of the molecule is CNc1ccc(C(=O)c2c3c(n(CC(=O)O)c2C)CCC(C)(C)C3)cc1. The molecule has 5 heteroatoms. The van der Waals surface area contributed by atoms with E-state index >= 15 is 0 Å². The van der Waals surface area contributed by atoms with Crippen molar-refractivity contribution in [2.75, 3.05) is 12.4 Å². The van der Waals surface area contributed by atoms with E-state index in [1.165, 1.54) is 0 Å². The molecule has 5 nitrogen and oxygen atoms in total. The Hall–Kier alpha value is -2.56. The number of rotatable bonds is 5. The van der Waals surface area contributed by atoms with Crippen LogP contribution in [-0.4, -0.2) is 28.5 Å². The van der Waals surface area contributed by atoms with Gasteiger partial charge in [0.25, 0.3) is 0 Å². The highest BCUT2D eigenvalue weighted by Crippen LogP contribution is 2.39. The minimum atomic E-state index is -0.881. The van der Waals surface area contributed by atoms with Crippen LogP contribution in [0.25, 0.3) is 0 Å². The number of carboxylic acid groups (broad SMARTS) is 1. The molecular weight excluding hydrogens is 328 g/mol. The van der Waals surface area contributed by atoms with Gasteiger partial charge in [0.05, 0.1) is 0 Å². The van der Waals surface area contributed by atoms with E-state index < -0.39 is 5.97 Å². The standard InChI is InChI=1S/C21H26N2O3/c1-13-19(20(26)14-5-7-15(22-4)8-6-14)16-11-21(2,3)10-9-17(16)23(13)12-18(24)25/h5-8,22H,9-12H2,1-4H3,(H,24,25). The summed E-state index contributed by atoms with van der Waals surface area (Å²) in [7, 11) is 1.84. The van der Waals surface area contributed by atoms with Gasteiger partial charge in [0.15, 0.2) is 5.78 Å². The maximum atomic E-state index is 13.3. The van der Waals surface area contributed by atoms with Gasteiger partial charge in [-0.2, -0.15) is 0 Å². The monoisotopic (exact) mass is 354 g/mol. The highest BCUT2D eigenvalue weighted by Gasteiger charge is 2.34. The molecule has 26 heavy (non-hydrogen) atoms. The number of aromatic nitrogens is 1. The van der Waals surface area contributed by atoms with Gasteiger partial charge in [0.1, 0.15) is 6.54 Å². The first-order valence-electron chi connectivity index (χ1n) is 8.98. The molecule has 0 aliphatic heterocycles. The first-order chi connectivity index (χ1) is 12.2. The van der Waals surface area contributed by atoms with Crippen LogP contribution < -0.4 is 5.32 Å². The molecule has 2 N–H and O–H groups in total. The molecule has 0 spiro atoms. The van der Waals surface area contributed by atoms with Gasteiger partial charge >= 0.3 is 5.97 Å². The maximum Gasteiger partial charge on any atom is 0.323 e. The van der Waals surface area contributed by atoms with E-state index in [2.05, 4.69) is 19.2 Å². The zero-order valence-corrected chi connectivity index (χ0v) is 15.8.